The van der Waals surface area contributed by atoms with Crippen LogP contribution in [0.2, 0.25) is 0 Å². The molecule has 1 aromatic heterocycles. The number of nitriles is 1. The van der Waals surface area contributed by atoms with E-state index in [0.717, 1.165) is 0 Å². The molecule has 0 aromatic carbocycles. The van der Waals surface area contributed by atoms with Crippen LogP contribution in [0.1, 0.15) is 30.8 Å². The molecule has 0 aliphatic rings. The molecular weight excluding hydrogens is 236 g/mol. The van der Waals surface area contributed by atoms with Crippen LogP contribution in [-0.2, 0) is 9.53 Å². The Labute approximate surface area is 104 Å². The molecule has 6 heteroatoms. The van der Waals surface area contributed by atoms with Gasteiger partial charge in [-0.05, 0) is 19.1 Å². The largest absolute Gasteiger partial charge is 0.466 e. The summed E-state index contributed by atoms with van der Waals surface area (Å²) in [5, 5.41) is 28.1. The molecule has 2 atom stereocenters. The quantitative estimate of drug-likeness (QED) is 0.728. The summed E-state index contributed by atoms with van der Waals surface area (Å²) >= 11 is 0. The highest BCUT2D eigenvalue weighted by molar-refractivity contribution is 5.70. The van der Waals surface area contributed by atoms with Gasteiger partial charge in [0.2, 0.25) is 0 Å². The Kier molecular flexibility index (Phi) is 5.24. The second-order valence-corrected chi connectivity index (χ2v) is 3.58. The van der Waals surface area contributed by atoms with Crippen LogP contribution in [0.5, 0.6) is 0 Å². The van der Waals surface area contributed by atoms with E-state index in [1.807, 2.05) is 6.07 Å². The summed E-state index contributed by atoms with van der Waals surface area (Å²) in [6.45, 7) is 1.86. The standard InChI is InChI=1S/C12H14N2O4/c1-2-18-11(16)6-10(15)12(17)9-5-3-4-8(7-13)14-9/h3-5,10,12,15,17H,2,6H2,1H3. The van der Waals surface area contributed by atoms with Gasteiger partial charge < -0.3 is 14.9 Å². The Morgan fingerprint density at radius 3 is 2.89 bits per heavy atom. The second-order valence-electron chi connectivity index (χ2n) is 3.58. The van der Waals surface area contributed by atoms with Gasteiger partial charge in [-0.25, -0.2) is 4.98 Å². The minimum absolute atomic E-state index is 0.134. The van der Waals surface area contributed by atoms with Crippen LogP contribution in [0.3, 0.4) is 0 Å². The van der Waals surface area contributed by atoms with Crippen molar-refractivity contribution < 1.29 is 19.7 Å². The highest BCUT2D eigenvalue weighted by atomic mass is 16.5. The van der Waals surface area contributed by atoms with Gasteiger partial charge in [0, 0.05) is 0 Å². The van der Waals surface area contributed by atoms with Gasteiger partial charge in [-0.1, -0.05) is 6.07 Å². The predicted octanol–water partition coefficient (Wildman–Crippen LogP) is 0.301. The molecule has 2 unspecified atom stereocenters. The molecule has 6 nitrogen and oxygen atoms in total. The third kappa shape index (κ3) is 3.80. The van der Waals surface area contributed by atoms with Crippen LogP contribution >= 0.6 is 0 Å². The number of aliphatic hydroxyl groups excluding tert-OH is 2. The van der Waals surface area contributed by atoms with Crippen molar-refractivity contribution in [3.63, 3.8) is 0 Å². The van der Waals surface area contributed by atoms with E-state index in [1.54, 1.807) is 13.0 Å². The number of carbonyl (C=O) groups excluding carboxylic acids is 1. The van der Waals surface area contributed by atoms with Crippen molar-refractivity contribution >= 4 is 5.97 Å². The molecule has 2 N–H and O–H groups in total. The van der Waals surface area contributed by atoms with Crippen LogP contribution in [-0.4, -0.2) is 33.9 Å². The lowest BCUT2D eigenvalue weighted by molar-refractivity contribution is -0.147. The van der Waals surface area contributed by atoms with Gasteiger partial charge in [0.05, 0.1) is 24.8 Å². The van der Waals surface area contributed by atoms with Crippen LogP contribution in [0.25, 0.3) is 0 Å². The average molecular weight is 250 g/mol. The zero-order valence-corrected chi connectivity index (χ0v) is 9.91. The molecule has 0 saturated heterocycles. The van der Waals surface area contributed by atoms with E-state index in [9.17, 15) is 15.0 Å². The highest BCUT2D eigenvalue weighted by Crippen LogP contribution is 2.17. The number of hydrogen-bond acceptors (Lipinski definition) is 6. The van der Waals surface area contributed by atoms with Crippen LogP contribution < -0.4 is 0 Å². The fourth-order valence-corrected chi connectivity index (χ4v) is 1.38. The summed E-state index contributed by atoms with van der Waals surface area (Å²) in [6, 6.07) is 6.32. The van der Waals surface area contributed by atoms with E-state index in [0.29, 0.717) is 0 Å². The Bertz CT molecular complexity index is 456. The molecule has 1 heterocycles. The molecule has 0 amide bonds. The molecule has 0 spiro atoms. The smallest absolute Gasteiger partial charge is 0.308 e. The zero-order chi connectivity index (χ0) is 13.5. The van der Waals surface area contributed by atoms with Crippen LogP contribution in [0.4, 0.5) is 0 Å². The zero-order valence-electron chi connectivity index (χ0n) is 9.91. The Hall–Kier alpha value is -1.97. The monoisotopic (exact) mass is 250 g/mol. The number of pyridine rings is 1. The lowest BCUT2D eigenvalue weighted by Crippen LogP contribution is -2.24. The molecule has 0 saturated carbocycles. The number of ether oxygens (including phenoxy) is 1. The van der Waals surface area contributed by atoms with Gasteiger partial charge in [0.25, 0.3) is 0 Å². The number of esters is 1. The molecular formula is C12H14N2O4. The van der Waals surface area contributed by atoms with Gasteiger partial charge in [0.15, 0.2) is 0 Å². The highest BCUT2D eigenvalue weighted by Gasteiger charge is 2.23. The lowest BCUT2D eigenvalue weighted by Gasteiger charge is -2.16. The van der Waals surface area contributed by atoms with E-state index in [1.165, 1.54) is 12.1 Å². The number of aromatic nitrogens is 1. The van der Waals surface area contributed by atoms with Crippen LogP contribution in [0.15, 0.2) is 18.2 Å². The van der Waals surface area contributed by atoms with Gasteiger partial charge in [-0.3, -0.25) is 4.79 Å². The van der Waals surface area contributed by atoms with E-state index in [-0.39, 0.29) is 24.4 Å². The summed E-state index contributed by atoms with van der Waals surface area (Å²) in [5.41, 5.74) is 0.278. The second kappa shape index (κ2) is 6.69. The predicted molar refractivity (Wildman–Crippen MR) is 61.2 cm³/mol. The summed E-state index contributed by atoms with van der Waals surface area (Å²) in [4.78, 5) is 15.0. The van der Waals surface area contributed by atoms with E-state index < -0.39 is 18.2 Å². The molecule has 0 bridgehead atoms. The Balaban J connectivity index is 2.71. The molecule has 96 valence electrons. The summed E-state index contributed by atoms with van der Waals surface area (Å²) in [6.07, 6.45) is -2.97. The topological polar surface area (TPSA) is 103 Å². The summed E-state index contributed by atoms with van der Waals surface area (Å²) in [5.74, 6) is -0.597. The fraction of sp³-hybridized carbons (Fsp3) is 0.417. The maximum absolute atomic E-state index is 11.1. The molecule has 0 fully saturated rings. The number of hydrogen-bond donors (Lipinski definition) is 2. The molecule has 0 aliphatic heterocycles. The van der Waals surface area contributed by atoms with Gasteiger partial charge in [0.1, 0.15) is 17.9 Å². The lowest BCUT2D eigenvalue weighted by atomic mass is 10.1. The number of aliphatic hydroxyl groups is 2. The van der Waals surface area contributed by atoms with E-state index in [2.05, 4.69) is 9.72 Å². The molecule has 18 heavy (non-hydrogen) atoms. The van der Waals surface area contributed by atoms with Crippen molar-refractivity contribution in [3.8, 4) is 6.07 Å². The number of carbonyl (C=O) groups is 1. The average Bonchev–Trinajstić information content (AvgIpc) is 2.38. The SMILES string of the molecule is CCOC(=O)CC(O)C(O)c1cccc(C#N)n1. The summed E-state index contributed by atoms with van der Waals surface area (Å²) < 4.78 is 4.66. The van der Waals surface area contributed by atoms with Gasteiger partial charge in [-0.2, -0.15) is 5.26 Å². The maximum atomic E-state index is 11.1. The first-order chi connectivity index (χ1) is 8.58. The first kappa shape index (κ1) is 14.1. The van der Waals surface area contributed by atoms with Crippen LogP contribution in [0, 0.1) is 11.3 Å². The van der Waals surface area contributed by atoms with Crippen molar-refractivity contribution in [1.29, 1.82) is 5.26 Å². The normalized spacial score (nSPS) is 13.4. The summed E-state index contributed by atoms with van der Waals surface area (Å²) in [7, 11) is 0. The first-order valence-electron chi connectivity index (χ1n) is 5.47. The molecule has 1 rings (SSSR count). The number of rotatable bonds is 5. The fourth-order valence-electron chi connectivity index (χ4n) is 1.38. The van der Waals surface area contributed by atoms with Crippen molar-refractivity contribution in [2.24, 2.45) is 0 Å². The molecule has 0 aliphatic carbocycles. The maximum Gasteiger partial charge on any atom is 0.308 e. The van der Waals surface area contributed by atoms with Gasteiger partial charge >= 0.3 is 5.97 Å². The minimum Gasteiger partial charge on any atom is -0.466 e. The van der Waals surface area contributed by atoms with Crippen molar-refractivity contribution in [3.05, 3.63) is 29.6 Å². The molecule has 0 radical (unpaired) electrons. The first-order valence-corrected chi connectivity index (χ1v) is 5.47. The molecule has 1 aromatic rings. The van der Waals surface area contributed by atoms with E-state index in [4.69, 9.17) is 5.26 Å². The Morgan fingerprint density at radius 1 is 1.56 bits per heavy atom. The van der Waals surface area contributed by atoms with Crippen molar-refractivity contribution in [2.45, 2.75) is 25.6 Å². The number of nitrogens with zero attached hydrogens (tertiary/aromatic N) is 2. The minimum atomic E-state index is -1.33. The van der Waals surface area contributed by atoms with Crippen molar-refractivity contribution in [2.75, 3.05) is 6.61 Å². The Morgan fingerprint density at radius 2 is 2.28 bits per heavy atom. The van der Waals surface area contributed by atoms with E-state index >= 15 is 0 Å². The third-order valence-corrected chi connectivity index (χ3v) is 2.23. The van der Waals surface area contributed by atoms with Crippen molar-refractivity contribution in [1.82, 2.24) is 4.98 Å². The van der Waals surface area contributed by atoms with Gasteiger partial charge in [-0.15, -0.1) is 0 Å². The third-order valence-electron chi connectivity index (χ3n) is 2.23.